The first-order valence-corrected chi connectivity index (χ1v) is 6.38. The molecule has 0 atom stereocenters. The normalized spacial score (nSPS) is 29.8. The predicted molar refractivity (Wildman–Crippen MR) is 66.2 cm³/mol. The Bertz CT molecular complexity index is 260. The van der Waals surface area contributed by atoms with Gasteiger partial charge in [0.1, 0.15) is 5.60 Å². The van der Waals surface area contributed by atoms with Crippen molar-refractivity contribution in [3.05, 3.63) is 12.2 Å². The summed E-state index contributed by atoms with van der Waals surface area (Å²) in [6.45, 7) is 9.79. The average molecular weight is 224 g/mol. The van der Waals surface area contributed by atoms with E-state index < -0.39 is 0 Å². The lowest BCUT2D eigenvalue weighted by Crippen LogP contribution is -2.38. The van der Waals surface area contributed by atoms with E-state index in [1.54, 1.807) is 6.92 Å². The van der Waals surface area contributed by atoms with Gasteiger partial charge in [0.05, 0.1) is 0 Å². The number of hydrogen-bond donors (Lipinski definition) is 0. The van der Waals surface area contributed by atoms with E-state index in [9.17, 15) is 4.79 Å². The molecule has 0 aromatic heterocycles. The van der Waals surface area contributed by atoms with Crippen LogP contribution in [0.2, 0.25) is 0 Å². The molecule has 1 saturated carbocycles. The number of esters is 1. The molecule has 0 aromatic rings. The van der Waals surface area contributed by atoms with Crippen LogP contribution in [0.25, 0.3) is 0 Å². The molecule has 0 bridgehead atoms. The Balaban J connectivity index is 2.65. The number of hydrogen-bond acceptors (Lipinski definition) is 2. The highest BCUT2D eigenvalue weighted by atomic mass is 16.6. The van der Waals surface area contributed by atoms with Crippen LogP contribution in [0.4, 0.5) is 0 Å². The van der Waals surface area contributed by atoms with E-state index in [1.165, 1.54) is 12.8 Å². The summed E-state index contributed by atoms with van der Waals surface area (Å²) in [5, 5.41) is 0. The summed E-state index contributed by atoms with van der Waals surface area (Å²) in [5.74, 6) is 0.552. The third-order valence-electron chi connectivity index (χ3n) is 3.55. The van der Waals surface area contributed by atoms with Gasteiger partial charge in [-0.05, 0) is 44.9 Å². The Morgan fingerprint density at radius 1 is 1.44 bits per heavy atom. The molecule has 0 amide bonds. The molecule has 0 saturated heterocycles. The molecule has 1 aliphatic rings. The fourth-order valence-corrected chi connectivity index (χ4v) is 2.43. The van der Waals surface area contributed by atoms with Crippen LogP contribution >= 0.6 is 0 Å². The second-order valence-electron chi connectivity index (χ2n) is 5.29. The smallest absolute Gasteiger partial charge is 0.333 e. The Kier molecular flexibility index (Phi) is 4.57. The molecule has 1 fully saturated rings. The Morgan fingerprint density at radius 2 is 2.00 bits per heavy atom. The van der Waals surface area contributed by atoms with Crippen molar-refractivity contribution in [3.8, 4) is 0 Å². The monoisotopic (exact) mass is 224 g/mol. The van der Waals surface area contributed by atoms with E-state index in [1.807, 2.05) is 0 Å². The standard InChI is InChI=1S/C14H24O2/c1-5-8-14(16-13(15)11(2)3)9-6-12(4)7-10-14/h12H,2,5-10H2,1,3-4H3. The summed E-state index contributed by atoms with van der Waals surface area (Å²) < 4.78 is 5.69. The highest BCUT2D eigenvalue weighted by molar-refractivity contribution is 5.87. The summed E-state index contributed by atoms with van der Waals surface area (Å²) in [5.41, 5.74) is 0.311. The second kappa shape index (κ2) is 5.51. The number of ether oxygens (including phenoxy) is 1. The van der Waals surface area contributed by atoms with Crippen molar-refractivity contribution >= 4 is 5.97 Å². The maximum atomic E-state index is 11.7. The van der Waals surface area contributed by atoms with E-state index >= 15 is 0 Å². The molecule has 1 aliphatic carbocycles. The van der Waals surface area contributed by atoms with Gasteiger partial charge < -0.3 is 4.74 Å². The predicted octanol–water partition coefficient (Wildman–Crippen LogP) is 3.85. The van der Waals surface area contributed by atoms with Crippen LogP contribution in [0.5, 0.6) is 0 Å². The van der Waals surface area contributed by atoms with E-state index in [0.29, 0.717) is 5.57 Å². The lowest BCUT2D eigenvalue weighted by atomic mass is 9.77. The minimum Gasteiger partial charge on any atom is -0.456 e. The number of carbonyl (C=O) groups is 1. The molecular weight excluding hydrogens is 200 g/mol. The van der Waals surface area contributed by atoms with E-state index in [2.05, 4.69) is 20.4 Å². The van der Waals surface area contributed by atoms with Crippen LogP contribution in [0.3, 0.4) is 0 Å². The quantitative estimate of drug-likeness (QED) is 0.535. The molecule has 0 unspecified atom stereocenters. The molecule has 0 radical (unpaired) electrons. The Morgan fingerprint density at radius 3 is 2.44 bits per heavy atom. The van der Waals surface area contributed by atoms with Crippen molar-refractivity contribution < 1.29 is 9.53 Å². The molecule has 1 rings (SSSR count). The van der Waals surface area contributed by atoms with Crippen molar-refractivity contribution in [2.45, 2.75) is 64.9 Å². The van der Waals surface area contributed by atoms with Crippen LogP contribution < -0.4 is 0 Å². The average Bonchev–Trinajstić information content (AvgIpc) is 2.23. The fourth-order valence-electron chi connectivity index (χ4n) is 2.43. The van der Waals surface area contributed by atoms with Gasteiger partial charge in [-0.2, -0.15) is 0 Å². The zero-order valence-electron chi connectivity index (χ0n) is 10.8. The first-order chi connectivity index (χ1) is 7.49. The maximum absolute atomic E-state index is 11.7. The molecule has 92 valence electrons. The van der Waals surface area contributed by atoms with Gasteiger partial charge in [-0.3, -0.25) is 0 Å². The van der Waals surface area contributed by atoms with Gasteiger partial charge in [-0.15, -0.1) is 0 Å². The summed E-state index contributed by atoms with van der Waals surface area (Å²) in [7, 11) is 0. The molecule has 0 N–H and O–H groups in total. The van der Waals surface area contributed by atoms with Gasteiger partial charge in [0.2, 0.25) is 0 Å². The number of carbonyl (C=O) groups excluding carboxylic acids is 1. The first kappa shape index (κ1) is 13.3. The van der Waals surface area contributed by atoms with Gasteiger partial charge >= 0.3 is 5.97 Å². The second-order valence-corrected chi connectivity index (χ2v) is 5.29. The molecule has 2 nitrogen and oxygen atoms in total. The van der Waals surface area contributed by atoms with E-state index in [4.69, 9.17) is 4.74 Å². The molecule has 0 aromatic carbocycles. The first-order valence-electron chi connectivity index (χ1n) is 6.38. The minimum absolute atomic E-state index is 0.197. The zero-order chi connectivity index (χ0) is 12.2. The van der Waals surface area contributed by atoms with E-state index in [-0.39, 0.29) is 11.6 Å². The Hall–Kier alpha value is -0.790. The number of rotatable bonds is 4. The third kappa shape index (κ3) is 3.36. The van der Waals surface area contributed by atoms with Gasteiger partial charge in [0.25, 0.3) is 0 Å². The molecule has 0 spiro atoms. The van der Waals surface area contributed by atoms with Crippen molar-refractivity contribution in [1.82, 2.24) is 0 Å². The molecule has 0 aliphatic heterocycles. The lowest BCUT2D eigenvalue weighted by Gasteiger charge is -2.39. The molecule has 2 heteroatoms. The minimum atomic E-state index is -0.219. The molecule has 0 heterocycles. The van der Waals surface area contributed by atoms with Gasteiger partial charge in [0, 0.05) is 5.57 Å². The molecular formula is C14H24O2. The molecule has 16 heavy (non-hydrogen) atoms. The lowest BCUT2D eigenvalue weighted by molar-refractivity contribution is -0.160. The summed E-state index contributed by atoms with van der Waals surface area (Å²) >= 11 is 0. The van der Waals surface area contributed by atoms with Crippen LogP contribution in [0.1, 0.15) is 59.3 Å². The van der Waals surface area contributed by atoms with Crippen LogP contribution in [0, 0.1) is 5.92 Å². The van der Waals surface area contributed by atoms with Crippen LogP contribution in [-0.4, -0.2) is 11.6 Å². The topological polar surface area (TPSA) is 26.3 Å². The third-order valence-corrected chi connectivity index (χ3v) is 3.55. The van der Waals surface area contributed by atoms with Crippen molar-refractivity contribution in [2.75, 3.05) is 0 Å². The van der Waals surface area contributed by atoms with Crippen molar-refractivity contribution in [3.63, 3.8) is 0 Å². The van der Waals surface area contributed by atoms with Crippen LogP contribution in [-0.2, 0) is 9.53 Å². The van der Waals surface area contributed by atoms with Gasteiger partial charge in [-0.25, -0.2) is 4.79 Å². The highest BCUT2D eigenvalue weighted by Crippen LogP contribution is 2.38. The Labute approximate surface area is 99.1 Å². The van der Waals surface area contributed by atoms with Gasteiger partial charge in [-0.1, -0.05) is 26.8 Å². The van der Waals surface area contributed by atoms with Crippen molar-refractivity contribution in [1.29, 1.82) is 0 Å². The van der Waals surface area contributed by atoms with Crippen LogP contribution in [0.15, 0.2) is 12.2 Å². The summed E-state index contributed by atoms with van der Waals surface area (Å²) in [6.07, 6.45) is 6.42. The SMILES string of the molecule is C=C(C)C(=O)OC1(CCC)CCC(C)CC1. The maximum Gasteiger partial charge on any atom is 0.333 e. The zero-order valence-corrected chi connectivity index (χ0v) is 10.8. The van der Waals surface area contributed by atoms with E-state index in [0.717, 1.165) is 31.6 Å². The summed E-state index contributed by atoms with van der Waals surface area (Å²) in [6, 6.07) is 0. The largest absolute Gasteiger partial charge is 0.456 e. The van der Waals surface area contributed by atoms with Gasteiger partial charge in [0.15, 0.2) is 0 Å². The highest BCUT2D eigenvalue weighted by Gasteiger charge is 2.36. The summed E-state index contributed by atoms with van der Waals surface area (Å²) in [4.78, 5) is 11.7. The van der Waals surface area contributed by atoms with Crippen molar-refractivity contribution in [2.24, 2.45) is 5.92 Å². The fraction of sp³-hybridized carbons (Fsp3) is 0.786.